The SMILES string of the molecule is CC(C)c1cncc(NS(=O)(=O)c2c3c(nn2C)CCCC3)c1. The number of pyridine rings is 1. The van der Waals surface area contributed by atoms with Gasteiger partial charge in [-0.05, 0) is 43.2 Å². The second-order valence-corrected chi connectivity index (χ2v) is 7.93. The third-order valence-corrected chi connectivity index (χ3v) is 5.72. The van der Waals surface area contributed by atoms with E-state index in [1.165, 1.54) is 10.9 Å². The van der Waals surface area contributed by atoms with Gasteiger partial charge in [0.05, 0.1) is 17.6 Å². The van der Waals surface area contributed by atoms with Crippen molar-refractivity contribution in [2.45, 2.75) is 50.5 Å². The smallest absolute Gasteiger partial charge is 0.277 e. The summed E-state index contributed by atoms with van der Waals surface area (Å²) in [6.45, 7) is 4.10. The first-order chi connectivity index (χ1) is 10.9. The lowest BCUT2D eigenvalue weighted by atomic mass is 9.99. The fourth-order valence-corrected chi connectivity index (χ4v) is 4.47. The van der Waals surface area contributed by atoms with Crippen LogP contribution in [0.3, 0.4) is 0 Å². The molecule has 1 aliphatic carbocycles. The van der Waals surface area contributed by atoms with Crippen molar-refractivity contribution in [3.8, 4) is 0 Å². The predicted molar refractivity (Wildman–Crippen MR) is 89.0 cm³/mol. The molecule has 124 valence electrons. The van der Waals surface area contributed by atoms with Crippen molar-refractivity contribution >= 4 is 15.7 Å². The van der Waals surface area contributed by atoms with Gasteiger partial charge < -0.3 is 0 Å². The van der Waals surface area contributed by atoms with E-state index >= 15 is 0 Å². The van der Waals surface area contributed by atoms with Crippen molar-refractivity contribution in [3.05, 3.63) is 35.3 Å². The van der Waals surface area contributed by atoms with Crippen molar-refractivity contribution in [2.75, 3.05) is 4.72 Å². The van der Waals surface area contributed by atoms with E-state index in [2.05, 4.69) is 14.8 Å². The number of hydrogen-bond donors (Lipinski definition) is 1. The quantitative estimate of drug-likeness (QED) is 0.932. The molecule has 0 amide bonds. The molecule has 2 aromatic rings. The van der Waals surface area contributed by atoms with E-state index in [0.717, 1.165) is 42.5 Å². The fraction of sp³-hybridized carbons (Fsp3) is 0.500. The van der Waals surface area contributed by atoms with Gasteiger partial charge in [-0.25, -0.2) is 0 Å². The first-order valence-corrected chi connectivity index (χ1v) is 9.39. The Labute approximate surface area is 137 Å². The van der Waals surface area contributed by atoms with Crippen LogP contribution in [0.5, 0.6) is 0 Å². The molecule has 0 radical (unpaired) electrons. The average Bonchev–Trinajstić information content (AvgIpc) is 2.83. The molecule has 0 unspecified atom stereocenters. The van der Waals surface area contributed by atoms with Crippen LogP contribution in [0.1, 0.15) is 49.4 Å². The van der Waals surface area contributed by atoms with Gasteiger partial charge in [-0.15, -0.1) is 0 Å². The topological polar surface area (TPSA) is 76.9 Å². The molecule has 0 saturated carbocycles. The van der Waals surface area contributed by atoms with Crippen LogP contribution < -0.4 is 4.72 Å². The molecule has 0 spiro atoms. The summed E-state index contributed by atoms with van der Waals surface area (Å²) in [7, 11) is -1.98. The van der Waals surface area contributed by atoms with E-state index in [9.17, 15) is 8.42 Å². The summed E-state index contributed by atoms with van der Waals surface area (Å²) in [6.07, 6.45) is 6.98. The molecule has 7 heteroatoms. The Balaban J connectivity index is 1.97. The van der Waals surface area contributed by atoms with Crippen molar-refractivity contribution in [2.24, 2.45) is 7.05 Å². The molecule has 23 heavy (non-hydrogen) atoms. The highest BCUT2D eigenvalue weighted by Gasteiger charge is 2.28. The lowest BCUT2D eigenvalue weighted by Gasteiger charge is -2.14. The van der Waals surface area contributed by atoms with Crippen LogP contribution >= 0.6 is 0 Å². The predicted octanol–water partition coefficient (Wildman–Crippen LogP) is 2.62. The van der Waals surface area contributed by atoms with Crippen molar-refractivity contribution in [3.63, 3.8) is 0 Å². The molecule has 0 aliphatic heterocycles. The third-order valence-electron chi connectivity index (χ3n) is 4.19. The first kappa shape index (κ1) is 16.0. The van der Waals surface area contributed by atoms with Gasteiger partial charge in [0.1, 0.15) is 0 Å². The van der Waals surface area contributed by atoms with Crippen LogP contribution in [-0.4, -0.2) is 23.2 Å². The minimum Gasteiger partial charge on any atom is -0.277 e. The monoisotopic (exact) mass is 334 g/mol. The van der Waals surface area contributed by atoms with E-state index in [1.54, 1.807) is 13.2 Å². The molecule has 6 nitrogen and oxygen atoms in total. The van der Waals surface area contributed by atoms with Crippen LogP contribution in [0.2, 0.25) is 0 Å². The summed E-state index contributed by atoms with van der Waals surface area (Å²) in [5.41, 5.74) is 3.26. The average molecular weight is 334 g/mol. The summed E-state index contributed by atoms with van der Waals surface area (Å²) < 4.78 is 29.8. The maximum atomic E-state index is 12.8. The normalized spacial score (nSPS) is 14.8. The van der Waals surface area contributed by atoms with E-state index in [4.69, 9.17) is 0 Å². The Morgan fingerprint density at radius 1 is 1.22 bits per heavy atom. The molecular weight excluding hydrogens is 312 g/mol. The highest BCUT2D eigenvalue weighted by molar-refractivity contribution is 7.92. The third kappa shape index (κ3) is 3.10. The molecule has 1 aliphatic rings. The number of anilines is 1. The van der Waals surface area contributed by atoms with E-state index in [-0.39, 0.29) is 10.9 Å². The summed E-state index contributed by atoms with van der Waals surface area (Å²) in [5, 5.41) is 4.67. The largest absolute Gasteiger partial charge is 0.279 e. The van der Waals surface area contributed by atoms with Gasteiger partial charge in [-0.3, -0.25) is 14.4 Å². The van der Waals surface area contributed by atoms with Crippen molar-refractivity contribution in [1.82, 2.24) is 14.8 Å². The molecule has 1 N–H and O–H groups in total. The van der Waals surface area contributed by atoms with E-state index < -0.39 is 10.0 Å². The standard InChI is InChI=1S/C16H22N4O2S/c1-11(2)12-8-13(10-17-9-12)19-23(21,22)16-14-6-4-5-7-15(14)18-20(16)3/h8-11,19H,4-7H2,1-3H3. The number of aromatic nitrogens is 3. The number of fused-ring (bicyclic) bond motifs is 1. The van der Waals surface area contributed by atoms with Gasteiger partial charge in [0.2, 0.25) is 0 Å². The number of nitrogens with one attached hydrogen (secondary N) is 1. The molecule has 0 atom stereocenters. The summed E-state index contributed by atoms with van der Waals surface area (Å²) >= 11 is 0. The number of hydrogen-bond acceptors (Lipinski definition) is 4. The molecule has 2 aromatic heterocycles. The molecule has 3 rings (SSSR count). The summed E-state index contributed by atoms with van der Waals surface area (Å²) in [5.74, 6) is 0.288. The van der Waals surface area contributed by atoms with Gasteiger partial charge >= 0.3 is 0 Å². The van der Waals surface area contributed by atoms with Crippen molar-refractivity contribution < 1.29 is 8.42 Å². The Bertz CT molecular complexity index is 825. The van der Waals surface area contributed by atoms with Crippen LogP contribution in [0.15, 0.2) is 23.5 Å². The molecule has 0 aromatic carbocycles. The van der Waals surface area contributed by atoms with E-state index in [1.807, 2.05) is 19.9 Å². The minimum atomic E-state index is -3.67. The Kier molecular flexibility index (Phi) is 4.14. The summed E-state index contributed by atoms with van der Waals surface area (Å²) in [6, 6.07) is 1.83. The zero-order chi connectivity index (χ0) is 16.6. The second-order valence-electron chi connectivity index (χ2n) is 6.33. The summed E-state index contributed by atoms with van der Waals surface area (Å²) in [4.78, 5) is 4.13. The Morgan fingerprint density at radius 2 is 1.96 bits per heavy atom. The number of aryl methyl sites for hydroxylation is 2. The second kappa shape index (κ2) is 5.96. The highest BCUT2D eigenvalue weighted by Crippen LogP contribution is 2.28. The first-order valence-electron chi connectivity index (χ1n) is 7.91. The van der Waals surface area contributed by atoms with Crippen LogP contribution in [-0.2, 0) is 29.9 Å². The molecular formula is C16H22N4O2S. The maximum absolute atomic E-state index is 12.8. The van der Waals surface area contributed by atoms with Crippen LogP contribution in [0.25, 0.3) is 0 Å². The molecule has 0 saturated heterocycles. The lowest BCUT2D eigenvalue weighted by Crippen LogP contribution is -2.19. The maximum Gasteiger partial charge on any atom is 0.279 e. The van der Waals surface area contributed by atoms with Gasteiger partial charge in [0.15, 0.2) is 5.03 Å². The Hall–Kier alpha value is -1.89. The lowest BCUT2D eigenvalue weighted by molar-refractivity contribution is 0.579. The van der Waals surface area contributed by atoms with Crippen LogP contribution in [0, 0.1) is 0 Å². The molecule has 0 bridgehead atoms. The van der Waals surface area contributed by atoms with Gasteiger partial charge in [0, 0.05) is 18.8 Å². The minimum absolute atomic E-state index is 0.280. The molecule has 0 fully saturated rings. The zero-order valence-corrected chi connectivity index (χ0v) is 14.5. The fourth-order valence-electron chi connectivity index (χ4n) is 3.02. The van der Waals surface area contributed by atoms with Gasteiger partial charge in [0.25, 0.3) is 10.0 Å². The number of rotatable bonds is 4. The van der Waals surface area contributed by atoms with Crippen LogP contribution in [0.4, 0.5) is 5.69 Å². The number of nitrogens with zero attached hydrogens (tertiary/aromatic N) is 3. The highest BCUT2D eigenvalue weighted by atomic mass is 32.2. The molecule has 2 heterocycles. The van der Waals surface area contributed by atoms with Gasteiger partial charge in [-0.2, -0.15) is 13.5 Å². The Morgan fingerprint density at radius 3 is 2.70 bits per heavy atom. The van der Waals surface area contributed by atoms with E-state index in [0.29, 0.717) is 5.69 Å². The number of sulfonamides is 1. The zero-order valence-electron chi connectivity index (χ0n) is 13.7. The van der Waals surface area contributed by atoms with Crippen molar-refractivity contribution in [1.29, 1.82) is 0 Å². The van der Waals surface area contributed by atoms with Gasteiger partial charge in [-0.1, -0.05) is 13.8 Å².